The Kier molecular flexibility index (Phi) is 6.54. The van der Waals surface area contributed by atoms with Crippen LogP contribution >= 0.6 is 12.4 Å². The van der Waals surface area contributed by atoms with Gasteiger partial charge in [0.05, 0.1) is 13.1 Å². The molecule has 0 atom stereocenters. The van der Waals surface area contributed by atoms with Crippen LogP contribution in [-0.2, 0) is 22.7 Å². The molecule has 0 spiro atoms. The van der Waals surface area contributed by atoms with Gasteiger partial charge in [-0.3, -0.25) is 9.59 Å². The third-order valence-corrected chi connectivity index (χ3v) is 4.96. The Hall–Kier alpha value is -3.16. The van der Waals surface area contributed by atoms with E-state index in [4.69, 9.17) is 4.42 Å². The van der Waals surface area contributed by atoms with Gasteiger partial charge in [0.25, 0.3) is 0 Å². The van der Waals surface area contributed by atoms with Gasteiger partial charge >= 0.3 is 0 Å². The van der Waals surface area contributed by atoms with E-state index in [1.165, 1.54) is 6.08 Å². The number of furan rings is 1. The van der Waals surface area contributed by atoms with Gasteiger partial charge in [0.1, 0.15) is 17.2 Å². The summed E-state index contributed by atoms with van der Waals surface area (Å²) in [6.07, 6.45) is 4.88. The van der Waals surface area contributed by atoms with Gasteiger partial charge < -0.3 is 20.0 Å². The highest BCUT2D eigenvalue weighted by Crippen LogP contribution is 2.25. The van der Waals surface area contributed by atoms with Gasteiger partial charge in [-0.15, -0.1) is 12.4 Å². The van der Waals surface area contributed by atoms with E-state index < -0.39 is 0 Å². The zero-order valence-corrected chi connectivity index (χ0v) is 17.6. The molecule has 1 aromatic carbocycles. The first-order chi connectivity index (χ1) is 14.0. The number of carbonyl (C=O) groups is 2. The monoisotopic (exact) mass is 426 g/mol. The van der Waals surface area contributed by atoms with E-state index in [0.29, 0.717) is 18.9 Å². The SMILES string of the molecule is Cc1c(CN(C)C(=O)C=Cc2cnc3c(c2)CNCC(=O)N3)oc2ccccc12.Cl. The summed E-state index contributed by atoms with van der Waals surface area (Å²) in [4.78, 5) is 30.0. The molecular formula is C22H23ClN4O3. The highest BCUT2D eigenvalue weighted by Gasteiger charge is 2.15. The zero-order chi connectivity index (χ0) is 20.4. The predicted octanol–water partition coefficient (Wildman–Crippen LogP) is 3.27. The van der Waals surface area contributed by atoms with Crippen molar-refractivity contribution in [1.82, 2.24) is 15.2 Å². The number of likely N-dealkylation sites (N-methyl/N-ethyl adjacent to an activating group) is 1. The van der Waals surface area contributed by atoms with Crippen LogP contribution < -0.4 is 10.6 Å². The van der Waals surface area contributed by atoms with Gasteiger partial charge in [-0.25, -0.2) is 4.98 Å². The molecule has 0 saturated heterocycles. The lowest BCUT2D eigenvalue weighted by molar-refractivity contribution is -0.125. The van der Waals surface area contributed by atoms with Gasteiger partial charge in [-0.05, 0) is 30.7 Å². The van der Waals surface area contributed by atoms with Crippen molar-refractivity contribution in [1.29, 1.82) is 0 Å². The van der Waals surface area contributed by atoms with Crippen molar-refractivity contribution < 1.29 is 14.0 Å². The van der Waals surface area contributed by atoms with E-state index in [0.717, 1.165) is 33.4 Å². The van der Waals surface area contributed by atoms with Crippen molar-refractivity contribution in [2.45, 2.75) is 20.0 Å². The first-order valence-corrected chi connectivity index (χ1v) is 9.41. The van der Waals surface area contributed by atoms with E-state index in [2.05, 4.69) is 15.6 Å². The second-order valence-electron chi connectivity index (χ2n) is 7.10. The zero-order valence-electron chi connectivity index (χ0n) is 16.8. The van der Waals surface area contributed by atoms with Crippen LogP contribution in [0.1, 0.15) is 22.5 Å². The Bertz CT molecular complexity index is 1120. The molecule has 2 N–H and O–H groups in total. The molecule has 0 radical (unpaired) electrons. The fourth-order valence-electron chi connectivity index (χ4n) is 3.32. The van der Waals surface area contributed by atoms with Gasteiger partial charge in [-0.2, -0.15) is 0 Å². The predicted molar refractivity (Wildman–Crippen MR) is 118 cm³/mol. The Morgan fingerprint density at radius 2 is 2.10 bits per heavy atom. The molecule has 0 unspecified atom stereocenters. The van der Waals surface area contributed by atoms with Crippen molar-refractivity contribution in [2.75, 3.05) is 18.9 Å². The number of aryl methyl sites for hydroxylation is 1. The van der Waals surface area contributed by atoms with E-state index in [1.807, 2.05) is 37.3 Å². The fraction of sp³-hybridized carbons (Fsp3) is 0.227. The number of anilines is 1. The van der Waals surface area contributed by atoms with E-state index in [-0.39, 0.29) is 30.8 Å². The van der Waals surface area contributed by atoms with Crippen LogP contribution in [0.5, 0.6) is 0 Å². The molecular weight excluding hydrogens is 404 g/mol. The number of amides is 2. The quantitative estimate of drug-likeness (QED) is 0.625. The average Bonchev–Trinajstić information content (AvgIpc) is 2.90. The van der Waals surface area contributed by atoms with Crippen molar-refractivity contribution >= 4 is 47.1 Å². The Labute approximate surface area is 180 Å². The van der Waals surface area contributed by atoms with Crippen molar-refractivity contribution in [3.63, 3.8) is 0 Å². The number of nitrogens with zero attached hydrogens (tertiary/aromatic N) is 2. The van der Waals surface area contributed by atoms with Crippen molar-refractivity contribution in [3.8, 4) is 0 Å². The number of para-hydroxylation sites is 1. The number of rotatable bonds is 4. The summed E-state index contributed by atoms with van der Waals surface area (Å²) in [6, 6.07) is 9.76. The van der Waals surface area contributed by atoms with Crippen LogP contribution in [0.4, 0.5) is 5.82 Å². The van der Waals surface area contributed by atoms with Crippen LogP contribution in [0.3, 0.4) is 0 Å². The Morgan fingerprint density at radius 3 is 2.90 bits per heavy atom. The lowest BCUT2D eigenvalue weighted by Gasteiger charge is -2.14. The molecule has 8 heteroatoms. The molecule has 0 fully saturated rings. The number of hydrogen-bond donors (Lipinski definition) is 2. The Morgan fingerprint density at radius 1 is 1.30 bits per heavy atom. The van der Waals surface area contributed by atoms with Gasteiger partial charge in [0, 0.05) is 42.4 Å². The number of carbonyl (C=O) groups excluding carboxylic acids is 2. The number of hydrogen-bond acceptors (Lipinski definition) is 5. The van der Waals surface area contributed by atoms with Gasteiger partial charge in [0.2, 0.25) is 11.8 Å². The smallest absolute Gasteiger partial charge is 0.246 e. The molecule has 4 rings (SSSR count). The van der Waals surface area contributed by atoms with Crippen LogP contribution in [0.25, 0.3) is 17.0 Å². The molecule has 156 valence electrons. The lowest BCUT2D eigenvalue weighted by Crippen LogP contribution is -2.24. The molecule has 3 heterocycles. The summed E-state index contributed by atoms with van der Waals surface area (Å²) in [5.41, 5.74) is 3.56. The molecule has 2 aromatic heterocycles. The third kappa shape index (κ3) is 4.53. The summed E-state index contributed by atoms with van der Waals surface area (Å²) in [5, 5.41) is 6.86. The minimum absolute atomic E-state index is 0. The highest BCUT2D eigenvalue weighted by molar-refractivity contribution is 5.93. The molecule has 1 aliphatic rings. The van der Waals surface area contributed by atoms with Gasteiger partial charge in [0.15, 0.2) is 0 Å². The standard InChI is InChI=1S/C22H22N4O3.ClH/c1-14-17-5-3-4-6-18(17)29-19(14)13-26(2)21(28)8-7-15-9-16-11-23-12-20(27)25-22(16)24-10-15;/h3-10,23H,11-13H2,1-2H3,(H,24,25,27);1H. The Balaban J connectivity index is 0.00000256. The molecule has 2 amide bonds. The molecule has 0 aliphatic carbocycles. The summed E-state index contributed by atoms with van der Waals surface area (Å²) in [7, 11) is 1.74. The molecule has 0 saturated carbocycles. The van der Waals surface area contributed by atoms with E-state index in [9.17, 15) is 9.59 Å². The third-order valence-electron chi connectivity index (χ3n) is 4.96. The van der Waals surface area contributed by atoms with E-state index in [1.54, 1.807) is 24.2 Å². The van der Waals surface area contributed by atoms with Crippen LogP contribution in [0, 0.1) is 6.92 Å². The van der Waals surface area contributed by atoms with Crippen molar-refractivity contribution in [2.24, 2.45) is 0 Å². The molecule has 30 heavy (non-hydrogen) atoms. The lowest BCUT2D eigenvalue weighted by atomic mass is 10.1. The first kappa shape index (κ1) is 21.5. The van der Waals surface area contributed by atoms with Crippen LogP contribution in [0.2, 0.25) is 0 Å². The maximum Gasteiger partial charge on any atom is 0.246 e. The number of halogens is 1. The first-order valence-electron chi connectivity index (χ1n) is 9.41. The minimum Gasteiger partial charge on any atom is -0.459 e. The topological polar surface area (TPSA) is 87.5 Å². The normalized spacial score (nSPS) is 13.5. The average molecular weight is 427 g/mol. The second-order valence-corrected chi connectivity index (χ2v) is 7.10. The number of aromatic nitrogens is 1. The number of benzene rings is 1. The van der Waals surface area contributed by atoms with Crippen LogP contribution in [0.15, 0.2) is 47.0 Å². The molecule has 1 aliphatic heterocycles. The summed E-state index contributed by atoms with van der Waals surface area (Å²) >= 11 is 0. The molecule has 3 aromatic rings. The number of fused-ring (bicyclic) bond motifs is 2. The maximum atomic E-state index is 12.5. The van der Waals surface area contributed by atoms with Gasteiger partial charge in [-0.1, -0.05) is 18.2 Å². The summed E-state index contributed by atoms with van der Waals surface area (Å²) < 4.78 is 5.90. The minimum atomic E-state index is -0.133. The summed E-state index contributed by atoms with van der Waals surface area (Å²) in [6.45, 7) is 3.19. The maximum absolute atomic E-state index is 12.5. The van der Waals surface area contributed by atoms with E-state index >= 15 is 0 Å². The number of nitrogens with one attached hydrogen (secondary N) is 2. The molecule has 0 bridgehead atoms. The molecule has 7 nitrogen and oxygen atoms in total. The largest absolute Gasteiger partial charge is 0.459 e. The second kappa shape index (κ2) is 9.11. The van der Waals surface area contributed by atoms with Crippen molar-refractivity contribution in [3.05, 3.63) is 65.1 Å². The summed E-state index contributed by atoms with van der Waals surface area (Å²) in [5.74, 6) is 1.09. The van der Waals surface area contributed by atoms with Crippen LogP contribution in [-0.4, -0.2) is 35.3 Å². The number of pyridine rings is 1. The highest BCUT2D eigenvalue weighted by atomic mass is 35.5. The fourth-order valence-corrected chi connectivity index (χ4v) is 3.32.